The molecular formula is C15H19N5O2. The van der Waals surface area contributed by atoms with Crippen molar-refractivity contribution in [2.45, 2.75) is 6.92 Å². The Hall–Kier alpha value is -2.57. The summed E-state index contributed by atoms with van der Waals surface area (Å²) in [6.45, 7) is 5.18. The van der Waals surface area contributed by atoms with Crippen molar-refractivity contribution in [3.63, 3.8) is 0 Å². The zero-order valence-corrected chi connectivity index (χ0v) is 12.7. The Morgan fingerprint density at radius 2 is 1.91 bits per heavy atom. The molecule has 1 fully saturated rings. The number of nitrogens with zero attached hydrogens (tertiary/aromatic N) is 4. The van der Waals surface area contributed by atoms with Crippen molar-refractivity contribution in [2.75, 3.05) is 43.1 Å². The molecule has 0 spiro atoms. The molecule has 1 aromatic heterocycles. The van der Waals surface area contributed by atoms with Crippen LogP contribution in [-0.2, 0) is 0 Å². The second-order valence-corrected chi connectivity index (χ2v) is 5.23. The average Bonchev–Trinajstić information content (AvgIpc) is 2.57. The summed E-state index contributed by atoms with van der Waals surface area (Å²) < 4.78 is 5.27. The summed E-state index contributed by atoms with van der Waals surface area (Å²) in [6, 6.07) is 8.05. The normalized spacial score (nSPS) is 15.0. The third-order valence-corrected chi connectivity index (χ3v) is 3.85. The maximum atomic E-state index is 11.4. The third-order valence-electron chi connectivity index (χ3n) is 3.85. The van der Waals surface area contributed by atoms with Gasteiger partial charge in [-0.3, -0.25) is 0 Å². The van der Waals surface area contributed by atoms with E-state index in [1.54, 1.807) is 7.11 Å². The lowest BCUT2D eigenvalue weighted by molar-refractivity contribution is 0.414. The molecule has 1 N–H and O–H groups in total. The highest BCUT2D eigenvalue weighted by atomic mass is 16.5. The number of ether oxygens (including phenoxy) is 1. The molecule has 1 aliphatic rings. The summed E-state index contributed by atoms with van der Waals surface area (Å²) in [5.41, 5.74) is 1.48. The van der Waals surface area contributed by atoms with E-state index in [0.29, 0.717) is 5.82 Å². The number of anilines is 2. The van der Waals surface area contributed by atoms with Crippen LogP contribution in [-0.4, -0.2) is 48.5 Å². The molecule has 3 rings (SSSR count). The van der Waals surface area contributed by atoms with E-state index in [1.807, 2.05) is 25.1 Å². The van der Waals surface area contributed by atoms with Crippen molar-refractivity contribution in [3.05, 3.63) is 40.4 Å². The van der Waals surface area contributed by atoms with Gasteiger partial charge < -0.3 is 14.5 Å². The molecule has 2 aromatic rings. The highest BCUT2D eigenvalue weighted by molar-refractivity contribution is 5.53. The summed E-state index contributed by atoms with van der Waals surface area (Å²) >= 11 is 0. The standard InChI is InChI=1S/C15H19N5O2/c1-11-14(16-15(21)18-17-11)20-8-6-19(7-9-20)12-4-3-5-13(10-12)22-2/h3-5,10H,6-9H2,1-2H3,(H,16,18,21). The van der Waals surface area contributed by atoms with Crippen molar-refractivity contribution in [2.24, 2.45) is 0 Å². The molecule has 0 amide bonds. The SMILES string of the molecule is COc1cccc(N2CCN(c3nc(=O)[nH]nc3C)CC2)c1. The number of piperazine rings is 1. The molecule has 0 saturated carbocycles. The van der Waals surface area contributed by atoms with Crippen LogP contribution in [0.15, 0.2) is 29.1 Å². The van der Waals surface area contributed by atoms with E-state index in [4.69, 9.17) is 4.74 Å². The van der Waals surface area contributed by atoms with Gasteiger partial charge in [-0.15, -0.1) is 0 Å². The molecule has 1 aliphatic heterocycles. The van der Waals surface area contributed by atoms with Crippen LogP contribution in [0.5, 0.6) is 5.75 Å². The van der Waals surface area contributed by atoms with Gasteiger partial charge in [0.2, 0.25) is 0 Å². The van der Waals surface area contributed by atoms with E-state index in [-0.39, 0.29) is 0 Å². The number of benzene rings is 1. The Bertz CT molecular complexity index is 707. The van der Waals surface area contributed by atoms with Gasteiger partial charge in [0.15, 0.2) is 5.82 Å². The van der Waals surface area contributed by atoms with Crippen LogP contribution in [0.25, 0.3) is 0 Å². The molecule has 2 heterocycles. The van der Waals surface area contributed by atoms with E-state index < -0.39 is 5.69 Å². The first-order valence-corrected chi connectivity index (χ1v) is 7.24. The number of methoxy groups -OCH3 is 1. The summed E-state index contributed by atoms with van der Waals surface area (Å²) in [6.07, 6.45) is 0. The smallest absolute Gasteiger partial charge is 0.363 e. The minimum Gasteiger partial charge on any atom is -0.497 e. The fourth-order valence-electron chi connectivity index (χ4n) is 2.67. The Labute approximate surface area is 128 Å². The van der Waals surface area contributed by atoms with Crippen LogP contribution in [0.2, 0.25) is 0 Å². The number of aryl methyl sites for hydroxylation is 1. The van der Waals surface area contributed by atoms with Crippen molar-refractivity contribution in [1.82, 2.24) is 15.2 Å². The predicted molar refractivity (Wildman–Crippen MR) is 84.8 cm³/mol. The number of rotatable bonds is 3. The number of nitrogens with one attached hydrogen (secondary N) is 1. The van der Waals surface area contributed by atoms with Gasteiger partial charge in [-0.25, -0.2) is 9.89 Å². The van der Waals surface area contributed by atoms with Crippen LogP contribution in [0.4, 0.5) is 11.5 Å². The van der Waals surface area contributed by atoms with Gasteiger partial charge in [0.25, 0.3) is 0 Å². The predicted octanol–water partition coefficient (Wildman–Crippen LogP) is 0.809. The van der Waals surface area contributed by atoms with E-state index in [2.05, 4.69) is 31.0 Å². The summed E-state index contributed by atoms with van der Waals surface area (Å²) in [7, 11) is 1.67. The maximum absolute atomic E-state index is 11.4. The lowest BCUT2D eigenvalue weighted by Gasteiger charge is -2.36. The topological polar surface area (TPSA) is 74.3 Å². The molecule has 1 aromatic carbocycles. The lowest BCUT2D eigenvalue weighted by atomic mass is 10.2. The Kier molecular flexibility index (Phi) is 3.95. The highest BCUT2D eigenvalue weighted by Crippen LogP contribution is 2.23. The minimum absolute atomic E-state index is 0.407. The lowest BCUT2D eigenvalue weighted by Crippen LogP contribution is -2.47. The number of hydrogen-bond acceptors (Lipinski definition) is 6. The fourth-order valence-corrected chi connectivity index (χ4v) is 2.67. The van der Waals surface area contributed by atoms with Crippen molar-refractivity contribution in [3.8, 4) is 5.75 Å². The second kappa shape index (κ2) is 6.05. The van der Waals surface area contributed by atoms with Gasteiger partial charge in [0, 0.05) is 37.9 Å². The van der Waals surface area contributed by atoms with Crippen molar-refractivity contribution < 1.29 is 4.74 Å². The molecule has 0 radical (unpaired) electrons. The van der Waals surface area contributed by atoms with Gasteiger partial charge in [0.05, 0.1) is 7.11 Å². The van der Waals surface area contributed by atoms with Gasteiger partial charge in [-0.05, 0) is 19.1 Å². The van der Waals surface area contributed by atoms with E-state index in [9.17, 15) is 4.79 Å². The van der Waals surface area contributed by atoms with Crippen LogP contribution in [0.3, 0.4) is 0 Å². The molecule has 0 atom stereocenters. The zero-order valence-electron chi connectivity index (χ0n) is 12.7. The van der Waals surface area contributed by atoms with E-state index >= 15 is 0 Å². The number of aromatic amines is 1. The molecule has 0 unspecified atom stereocenters. The molecule has 0 aliphatic carbocycles. The van der Waals surface area contributed by atoms with Crippen LogP contribution in [0.1, 0.15) is 5.69 Å². The zero-order chi connectivity index (χ0) is 15.5. The summed E-state index contributed by atoms with van der Waals surface area (Å²) in [5, 5.41) is 6.34. The van der Waals surface area contributed by atoms with Crippen LogP contribution in [0, 0.1) is 6.92 Å². The first-order valence-electron chi connectivity index (χ1n) is 7.24. The average molecular weight is 301 g/mol. The molecule has 7 nitrogen and oxygen atoms in total. The maximum Gasteiger partial charge on any atom is 0.363 e. The summed E-state index contributed by atoms with van der Waals surface area (Å²) in [5.74, 6) is 1.53. The quantitative estimate of drug-likeness (QED) is 0.904. The first kappa shape index (κ1) is 14.4. The molecule has 0 bridgehead atoms. The number of hydrogen-bond donors (Lipinski definition) is 1. The van der Waals surface area contributed by atoms with E-state index in [0.717, 1.165) is 43.3 Å². The fraction of sp³-hybridized carbons (Fsp3) is 0.400. The third kappa shape index (κ3) is 2.88. The highest BCUT2D eigenvalue weighted by Gasteiger charge is 2.20. The molecule has 22 heavy (non-hydrogen) atoms. The Balaban J connectivity index is 1.72. The van der Waals surface area contributed by atoms with Crippen LogP contribution < -0.4 is 20.2 Å². The number of H-pyrrole nitrogens is 1. The summed E-state index contributed by atoms with van der Waals surface area (Å²) in [4.78, 5) is 19.8. The second-order valence-electron chi connectivity index (χ2n) is 5.23. The molecule has 1 saturated heterocycles. The van der Waals surface area contributed by atoms with Gasteiger partial charge in [-0.1, -0.05) is 6.07 Å². The molecule has 116 valence electrons. The molecule has 7 heteroatoms. The molecular weight excluding hydrogens is 282 g/mol. The van der Waals surface area contributed by atoms with Crippen LogP contribution >= 0.6 is 0 Å². The van der Waals surface area contributed by atoms with E-state index in [1.165, 1.54) is 0 Å². The number of aromatic nitrogens is 3. The Morgan fingerprint density at radius 1 is 1.18 bits per heavy atom. The monoisotopic (exact) mass is 301 g/mol. The minimum atomic E-state index is -0.407. The van der Waals surface area contributed by atoms with Gasteiger partial charge in [-0.2, -0.15) is 10.1 Å². The Morgan fingerprint density at radius 3 is 2.64 bits per heavy atom. The van der Waals surface area contributed by atoms with Gasteiger partial charge >= 0.3 is 5.69 Å². The van der Waals surface area contributed by atoms with Crippen molar-refractivity contribution >= 4 is 11.5 Å². The first-order chi connectivity index (χ1) is 10.7. The largest absolute Gasteiger partial charge is 0.497 e. The van der Waals surface area contributed by atoms with Crippen molar-refractivity contribution in [1.29, 1.82) is 0 Å². The van der Waals surface area contributed by atoms with Gasteiger partial charge in [0.1, 0.15) is 11.4 Å².